The molecule has 0 radical (unpaired) electrons. The average molecular weight is 606 g/mol. The number of aryl methyl sites for hydroxylation is 1. The third-order valence-corrected chi connectivity index (χ3v) is 11.2. The first-order valence-corrected chi connectivity index (χ1v) is 16.0. The van der Waals surface area contributed by atoms with Crippen molar-refractivity contribution in [2.24, 2.45) is 5.41 Å². The van der Waals surface area contributed by atoms with E-state index in [0.717, 1.165) is 52.1 Å². The number of carbonyl (C=O) groups is 1. The number of alkyl halides is 1. The second-order valence-corrected chi connectivity index (χ2v) is 14.7. The standard InChI is InChI=1S/C26H32N6O2SSe.CH3F/c1-15-22(33)26(14-34-15)8-10-31(11-9-26)19-12-18(35-30-25(3)6-7-25)13-32-21(24-29-28-16(2)36-24)20(17-4-5-17)27-23(19)32;1-2/h12-13,15,17,30H,4-11,14H2,1-3H3;1H3/t15-;/m0./s1. The fourth-order valence-electron chi connectivity index (χ4n) is 5.56. The number of ketones is 1. The van der Waals surface area contributed by atoms with Crippen LogP contribution in [0.3, 0.4) is 0 Å². The number of nitrogens with one attached hydrogen (secondary N) is 1. The number of carbonyl (C=O) groups excluding carboxylic acids is 1. The molecule has 1 N–H and O–H groups in total. The number of Topliss-reactive ketones (excluding diaryl/α,β-unsaturated/α-hetero) is 1. The van der Waals surface area contributed by atoms with E-state index < -0.39 is 0 Å². The molecule has 0 aromatic carbocycles. The minimum atomic E-state index is -0.309. The molecule has 3 aromatic heterocycles. The number of pyridine rings is 1. The van der Waals surface area contributed by atoms with Gasteiger partial charge in [-0.05, 0) is 0 Å². The number of fused-ring (bicyclic) bond motifs is 1. The first kappa shape index (κ1) is 26.4. The Morgan fingerprint density at radius 2 is 1.92 bits per heavy atom. The van der Waals surface area contributed by atoms with Crippen molar-refractivity contribution >= 4 is 43.6 Å². The van der Waals surface area contributed by atoms with Crippen molar-refractivity contribution in [3.63, 3.8) is 0 Å². The Hall–Kier alpha value is -1.78. The van der Waals surface area contributed by atoms with Crippen LogP contribution in [0.4, 0.5) is 10.1 Å². The summed E-state index contributed by atoms with van der Waals surface area (Å²) in [7, 11) is 0.500. The van der Waals surface area contributed by atoms with Gasteiger partial charge in [0.1, 0.15) is 0 Å². The molecule has 1 spiro atoms. The summed E-state index contributed by atoms with van der Waals surface area (Å²) in [6.45, 7) is 8.49. The van der Waals surface area contributed by atoms with E-state index in [-0.39, 0.29) is 37.3 Å². The summed E-state index contributed by atoms with van der Waals surface area (Å²) in [6, 6.07) is 2.29. The molecule has 4 fully saturated rings. The molecule has 38 heavy (non-hydrogen) atoms. The van der Waals surface area contributed by atoms with Gasteiger partial charge in [-0.1, -0.05) is 0 Å². The SMILES string of the molecule is CF.Cc1nnc(-c2c(C3CC3)nc3c(N4CCC5(CC4)CO[C@@H](C)C5=O)cc(SNC4(C)CC4)cn23)[se]1. The molecule has 11 heteroatoms. The van der Waals surface area contributed by atoms with Crippen molar-refractivity contribution < 1.29 is 13.9 Å². The molecule has 0 amide bonds. The zero-order chi connectivity index (χ0) is 26.7. The molecule has 5 heterocycles. The van der Waals surface area contributed by atoms with Crippen LogP contribution in [0.15, 0.2) is 17.2 Å². The van der Waals surface area contributed by atoms with E-state index in [1.165, 1.54) is 36.3 Å². The number of hydrogen-bond donors (Lipinski definition) is 1. The van der Waals surface area contributed by atoms with Gasteiger partial charge in [0.2, 0.25) is 0 Å². The molecular weight excluding hydrogens is 570 g/mol. The van der Waals surface area contributed by atoms with Gasteiger partial charge in [-0.3, -0.25) is 4.39 Å². The number of rotatable bonds is 6. The molecule has 2 aliphatic carbocycles. The van der Waals surface area contributed by atoms with Gasteiger partial charge in [-0.25, -0.2) is 0 Å². The van der Waals surface area contributed by atoms with Gasteiger partial charge >= 0.3 is 222 Å². The van der Waals surface area contributed by atoms with Gasteiger partial charge in [0.05, 0.1) is 7.18 Å². The van der Waals surface area contributed by atoms with Crippen molar-refractivity contribution in [1.82, 2.24) is 24.3 Å². The van der Waals surface area contributed by atoms with Crippen LogP contribution < -0.4 is 9.62 Å². The number of halogens is 1. The van der Waals surface area contributed by atoms with E-state index in [1.54, 1.807) is 11.9 Å². The monoisotopic (exact) mass is 606 g/mol. The Morgan fingerprint density at radius 1 is 1.18 bits per heavy atom. The summed E-state index contributed by atoms with van der Waals surface area (Å²) in [4.78, 5) is 21.8. The van der Waals surface area contributed by atoms with E-state index in [2.05, 4.69) is 50.3 Å². The van der Waals surface area contributed by atoms with Gasteiger partial charge in [0.25, 0.3) is 0 Å². The van der Waals surface area contributed by atoms with Crippen LogP contribution in [-0.2, 0) is 9.53 Å². The number of piperidine rings is 1. The van der Waals surface area contributed by atoms with Crippen molar-refractivity contribution in [2.75, 3.05) is 31.8 Å². The summed E-state index contributed by atoms with van der Waals surface area (Å²) in [5.74, 6) is 0.806. The first-order valence-electron chi connectivity index (χ1n) is 13.4. The van der Waals surface area contributed by atoms with Crippen LogP contribution in [0, 0.1) is 12.3 Å². The van der Waals surface area contributed by atoms with Crippen LogP contribution in [0.1, 0.15) is 68.6 Å². The van der Waals surface area contributed by atoms with Crippen molar-refractivity contribution in [3.8, 4) is 10.3 Å². The van der Waals surface area contributed by atoms with Crippen LogP contribution in [0.5, 0.6) is 0 Å². The fourth-order valence-corrected chi connectivity index (χ4v) is 8.01. The van der Waals surface area contributed by atoms with E-state index in [1.807, 2.05) is 6.92 Å². The normalized spacial score (nSPS) is 23.7. The molecule has 204 valence electrons. The molecule has 1 atom stereocenters. The van der Waals surface area contributed by atoms with Crippen LogP contribution in [0.25, 0.3) is 15.9 Å². The fraction of sp³-hybridized carbons (Fsp3) is 0.630. The molecule has 3 aromatic rings. The summed E-state index contributed by atoms with van der Waals surface area (Å²) >= 11 is 1.86. The molecule has 2 saturated heterocycles. The molecule has 4 aliphatic rings. The number of nitrogens with zero attached hydrogens (tertiary/aromatic N) is 5. The second-order valence-electron chi connectivity index (χ2n) is 11.4. The third-order valence-electron chi connectivity index (χ3n) is 8.37. The summed E-state index contributed by atoms with van der Waals surface area (Å²) < 4.78 is 23.4. The number of imidazole rings is 1. The zero-order valence-electron chi connectivity index (χ0n) is 22.4. The molecule has 2 saturated carbocycles. The van der Waals surface area contributed by atoms with Gasteiger partial charge in [0, 0.05) is 0 Å². The average Bonchev–Trinajstić information content (AvgIpc) is 3.82. The molecule has 7 rings (SSSR count). The molecule has 0 unspecified atom stereocenters. The maximum atomic E-state index is 12.9. The van der Waals surface area contributed by atoms with Crippen molar-refractivity contribution in [3.05, 3.63) is 22.5 Å². The molecule has 0 bridgehead atoms. The van der Waals surface area contributed by atoms with Crippen LogP contribution in [0.2, 0.25) is 0 Å². The number of aromatic nitrogens is 4. The summed E-state index contributed by atoms with van der Waals surface area (Å²) in [6.07, 6.45) is 8.47. The predicted molar refractivity (Wildman–Crippen MR) is 148 cm³/mol. The molecular formula is C27H35FN6O2SSe. The quantitative estimate of drug-likeness (QED) is 0.328. The van der Waals surface area contributed by atoms with E-state index >= 15 is 0 Å². The predicted octanol–water partition coefficient (Wildman–Crippen LogP) is 4.34. The number of anilines is 1. The Morgan fingerprint density at radius 3 is 2.50 bits per heavy atom. The topological polar surface area (TPSA) is 84.7 Å². The van der Waals surface area contributed by atoms with Gasteiger partial charge in [0.15, 0.2) is 0 Å². The van der Waals surface area contributed by atoms with Crippen LogP contribution in [-0.4, -0.2) is 78.4 Å². The minimum absolute atomic E-state index is 0.139. The first-order chi connectivity index (χ1) is 18.3. The van der Waals surface area contributed by atoms with Gasteiger partial charge < -0.3 is 0 Å². The molecule has 8 nitrogen and oxygen atoms in total. The summed E-state index contributed by atoms with van der Waals surface area (Å²) in [5.41, 5.74) is 4.45. The Balaban J connectivity index is 0.00000129. The van der Waals surface area contributed by atoms with Gasteiger partial charge in [-0.15, -0.1) is 0 Å². The number of ether oxygens (including phenoxy) is 1. The summed E-state index contributed by atoms with van der Waals surface area (Å²) in [5, 5.41) is 8.98. The van der Waals surface area contributed by atoms with Crippen LogP contribution >= 0.6 is 11.9 Å². The Bertz CT molecular complexity index is 1360. The van der Waals surface area contributed by atoms with Crippen molar-refractivity contribution in [2.45, 2.75) is 81.8 Å². The zero-order valence-corrected chi connectivity index (χ0v) is 24.9. The second kappa shape index (κ2) is 10.00. The van der Waals surface area contributed by atoms with Crippen molar-refractivity contribution in [1.29, 1.82) is 0 Å². The van der Waals surface area contributed by atoms with Gasteiger partial charge in [-0.2, -0.15) is 0 Å². The maximum absolute atomic E-state index is 12.9. The number of hydrogen-bond acceptors (Lipinski definition) is 8. The van der Waals surface area contributed by atoms with E-state index in [4.69, 9.17) is 9.72 Å². The Labute approximate surface area is 233 Å². The van der Waals surface area contributed by atoms with E-state index in [9.17, 15) is 9.18 Å². The van der Waals surface area contributed by atoms with E-state index in [0.29, 0.717) is 19.7 Å². The Kier molecular flexibility index (Phi) is 6.96. The third kappa shape index (κ3) is 4.74. The molecule has 2 aliphatic heterocycles.